The molecule has 0 bridgehead atoms. The molecule has 1 aliphatic heterocycles. The number of hydrogen-bond donors (Lipinski definition) is 1. The molecule has 7 heteroatoms. The number of nitrogens with zero attached hydrogens (tertiary/aromatic N) is 1. The van der Waals surface area contributed by atoms with Crippen molar-refractivity contribution in [1.29, 1.82) is 0 Å². The Kier molecular flexibility index (Phi) is 4.25. The summed E-state index contributed by atoms with van der Waals surface area (Å²) in [6.07, 6.45) is 1.52. The summed E-state index contributed by atoms with van der Waals surface area (Å²) >= 11 is 5.86. The van der Waals surface area contributed by atoms with Crippen LogP contribution in [0, 0.1) is 0 Å². The van der Waals surface area contributed by atoms with Crippen LogP contribution in [-0.2, 0) is 6.54 Å². The van der Waals surface area contributed by atoms with Crippen LogP contribution in [0.15, 0.2) is 65.3 Å². The van der Waals surface area contributed by atoms with E-state index in [0.29, 0.717) is 22.0 Å². The van der Waals surface area contributed by atoms with Crippen molar-refractivity contribution in [2.24, 2.45) is 0 Å². The lowest BCUT2D eigenvalue weighted by molar-refractivity contribution is 0.0923. The number of carbonyl (C=O) groups excluding carboxylic acids is 3. The molecule has 2 heterocycles. The van der Waals surface area contributed by atoms with Crippen molar-refractivity contribution in [1.82, 2.24) is 5.32 Å². The fourth-order valence-corrected chi connectivity index (χ4v) is 3.02. The third-order valence-electron chi connectivity index (χ3n) is 4.24. The number of rotatable bonds is 4. The molecule has 0 aliphatic carbocycles. The zero-order chi connectivity index (χ0) is 19.0. The number of nitrogens with one attached hydrogen (secondary N) is 1. The van der Waals surface area contributed by atoms with E-state index in [1.165, 1.54) is 24.5 Å². The molecule has 1 aliphatic rings. The van der Waals surface area contributed by atoms with Gasteiger partial charge in [0.2, 0.25) is 0 Å². The zero-order valence-electron chi connectivity index (χ0n) is 13.9. The predicted octanol–water partition coefficient (Wildman–Crippen LogP) is 3.66. The van der Waals surface area contributed by atoms with E-state index in [2.05, 4.69) is 5.32 Å². The molecule has 0 fully saturated rings. The number of halogens is 1. The van der Waals surface area contributed by atoms with Gasteiger partial charge in [-0.15, -0.1) is 0 Å². The molecule has 1 N–H and O–H groups in total. The van der Waals surface area contributed by atoms with Gasteiger partial charge in [0, 0.05) is 10.6 Å². The van der Waals surface area contributed by atoms with Gasteiger partial charge in [0.25, 0.3) is 17.7 Å². The maximum Gasteiger partial charge on any atom is 0.266 e. The fraction of sp³-hybridized carbons (Fsp3) is 0.0500. The van der Waals surface area contributed by atoms with Gasteiger partial charge in [0.05, 0.1) is 29.6 Å². The fourth-order valence-electron chi connectivity index (χ4n) is 2.89. The molecule has 0 atom stereocenters. The van der Waals surface area contributed by atoms with Crippen LogP contribution in [0.5, 0.6) is 0 Å². The van der Waals surface area contributed by atoms with Crippen LogP contribution >= 0.6 is 11.6 Å². The van der Waals surface area contributed by atoms with Crippen molar-refractivity contribution in [2.75, 3.05) is 4.90 Å². The first-order chi connectivity index (χ1) is 13.0. The van der Waals surface area contributed by atoms with Gasteiger partial charge in [-0.3, -0.25) is 14.4 Å². The molecule has 0 unspecified atom stereocenters. The van der Waals surface area contributed by atoms with Crippen LogP contribution in [-0.4, -0.2) is 17.7 Å². The third-order valence-corrected chi connectivity index (χ3v) is 4.49. The number of anilines is 1. The number of carbonyl (C=O) groups is 3. The van der Waals surface area contributed by atoms with Gasteiger partial charge >= 0.3 is 0 Å². The highest BCUT2D eigenvalue weighted by molar-refractivity contribution is 6.35. The normalized spacial score (nSPS) is 13.0. The van der Waals surface area contributed by atoms with Crippen LogP contribution in [0.1, 0.15) is 36.8 Å². The highest BCUT2D eigenvalue weighted by atomic mass is 35.5. The Morgan fingerprint density at radius 1 is 1.00 bits per heavy atom. The second kappa shape index (κ2) is 6.74. The number of furan rings is 1. The van der Waals surface area contributed by atoms with E-state index >= 15 is 0 Å². The minimum atomic E-state index is -0.474. The summed E-state index contributed by atoms with van der Waals surface area (Å²) in [5.74, 6) is -0.651. The standard InChI is InChI=1S/C20H13ClN2O4/c21-13-4-6-14(7-5-13)23-19(25)16-8-3-12(10-17(16)20(23)26)18(24)22-11-15-2-1-9-27-15/h1-10H,11H2,(H,22,24). The topological polar surface area (TPSA) is 79.6 Å². The highest BCUT2D eigenvalue weighted by Gasteiger charge is 2.37. The van der Waals surface area contributed by atoms with Crippen molar-refractivity contribution < 1.29 is 18.8 Å². The first-order valence-electron chi connectivity index (χ1n) is 8.13. The van der Waals surface area contributed by atoms with E-state index < -0.39 is 11.8 Å². The van der Waals surface area contributed by atoms with E-state index in [1.54, 1.807) is 36.4 Å². The zero-order valence-corrected chi connectivity index (χ0v) is 14.7. The average Bonchev–Trinajstić information content (AvgIpc) is 3.28. The van der Waals surface area contributed by atoms with Gasteiger partial charge < -0.3 is 9.73 Å². The maximum atomic E-state index is 12.7. The highest BCUT2D eigenvalue weighted by Crippen LogP contribution is 2.29. The van der Waals surface area contributed by atoms with Crippen LogP contribution in [0.3, 0.4) is 0 Å². The number of imide groups is 1. The molecule has 0 radical (unpaired) electrons. The lowest BCUT2D eigenvalue weighted by atomic mass is 10.1. The lowest BCUT2D eigenvalue weighted by Crippen LogP contribution is -2.29. The molecular formula is C20H13ClN2O4. The molecule has 0 spiro atoms. The Hall–Kier alpha value is -3.38. The maximum absolute atomic E-state index is 12.7. The van der Waals surface area contributed by atoms with E-state index in [0.717, 1.165) is 4.90 Å². The summed E-state index contributed by atoms with van der Waals surface area (Å²) in [4.78, 5) is 38.8. The summed E-state index contributed by atoms with van der Waals surface area (Å²) in [5.41, 5.74) is 1.17. The first-order valence-corrected chi connectivity index (χ1v) is 8.51. The molecule has 1 aromatic heterocycles. The Morgan fingerprint density at radius 2 is 1.74 bits per heavy atom. The summed E-state index contributed by atoms with van der Waals surface area (Å²) < 4.78 is 5.17. The molecule has 3 aromatic rings. The molecule has 0 saturated carbocycles. The van der Waals surface area contributed by atoms with Crippen molar-refractivity contribution in [3.63, 3.8) is 0 Å². The second-order valence-electron chi connectivity index (χ2n) is 5.94. The van der Waals surface area contributed by atoms with E-state index in [-0.39, 0.29) is 23.6 Å². The van der Waals surface area contributed by atoms with Crippen LogP contribution in [0.2, 0.25) is 5.02 Å². The summed E-state index contributed by atoms with van der Waals surface area (Å²) in [5, 5.41) is 3.22. The number of benzene rings is 2. The van der Waals surface area contributed by atoms with E-state index in [4.69, 9.17) is 16.0 Å². The third kappa shape index (κ3) is 3.11. The molecular weight excluding hydrogens is 368 g/mol. The molecule has 6 nitrogen and oxygen atoms in total. The van der Waals surface area contributed by atoms with Crippen LogP contribution in [0.25, 0.3) is 0 Å². The summed E-state index contributed by atoms with van der Waals surface area (Å²) in [7, 11) is 0. The molecule has 3 amide bonds. The van der Waals surface area contributed by atoms with E-state index in [9.17, 15) is 14.4 Å². The molecule has 2 aromatic carbocycles. The number of hydrogen-bond acceptors (Lipinski definition) is 4. The van der Waals surface area contributed by atoms with Crippen LogP contribution in [0.4, 0.5) is 5.69 Å². The summed E-state index contributed by atoms with van der Waals surface area (Å²) in [6.45, 7) is 0.229. The Labute approximate surface area is 159 Å². The Balaban J connectivity index is 1.58. The minimum Gasteiger partial charge on any atom is -0.467 e. The number of fused-ring (bicyclic) bond motifs is 1. The van der Waals surface area contributed by atoms with Crippen molar-refractivity contribution in [2.45, 2.75) is 6.54 Å². The number of amides is 3. The predicted molar refractivity (Wildman–Crippen MR) is 98.9 cm³/mol. The molecule has 4 rings (SSSR count). The van der Waals surface area contributed by atoms with E-state index in [1.807, 2.05) is 0 Å². The van der Waals surface area contributed by atoms with Gasteiger partial charge in [0.1, 0.15) is 5.76 Å². The molecule has 0 saturated heterocycles. The van der Waals surface area contributed by atoms with Gasteiger partial charge in [-0.05, 0) is 54.6 Å². The van der Waals surface area contributed by atoms with Crippen molar-refractivity contribution in [3.8, 4) is 0 Å². The van der Waals surface area contributed by atoms with Crippen molar-refractivity contribution >= 4 is 35.0 Å². The van der Waals surface area contributed by atoms with Crippen molar-refractivity contribution in [3.05, 3.63) is 88.3 Å². The lowest BCUT2D eigenvalue weighted by Gasteiger charge is -2.13. The van der Waals surface area contributed by atoms with Crippen LogP contribution < -0.4 is 10.2 Å². The average molecular weight is 381 g/mol. The first kappa shape index (κ1) is 17.1. The SMILES string of the molecule is O=C(NCc1ccco1)c1ccc2c(c1)C(=O)N(c1ccc(Cl)cc1)C2=O. The van der Waals surface area contributed by atoms with Gasteiger partial charge in [-0.1, -0.05) is 11.6 Å². The second-order valence-corrected chi connectivity index (χ2v) is 6.38. The monoisotopic (exact) mass is 380 g/mol. The minimum absolute atomic E-state index is 0.195. The van der Waals surface area contributed by atoms with Gasteiger partial charge in [-0.25, -0.2) is 4.90 Å². The molecule has 27 heavy (non-hydrogen) atoms. The van der Waals surface area contributed by atoms with Gasteiger partial charge in [0.15, 0.2) is 0 Å². The molecule has 134 valence electrons. The summed E-state index contributed by atoms with van der Waals surface area (Å²) in [6, 6.07) is 14.3. The van der Waals surface area contributed by atoms with Gasteiger partial charge in [-0.2, -0.15) is 0 Å². The quantitative estimate of drug-likeness (QED) is 0.700. The largest absolute Gasteiger partial charge is 0.467 e. The smallest absolute Gasteiger partial charge is 0.266 e. The Bertz CT molecular complexity index is 1040. The Morgan fingerprint density at radius 3 is 2.44 bits per heavy atom.